The molecule has 0 radical (unpaired) electrons. The second-order valence-electron chi connectivity index (χ2n) is 5.70. The van der Waals surface area contributed by atoms with Crippen LogP contribution in [-0.4, -0.2) is 36.1 Å². The van der Waals surface area contributed by atoms with Gasteiger partial charge in [0.1, 0.15) is 11.3 Å². The molecule has 0 amide bonds. The van der Waals surface area contributed by atoms with Gasteiger partial charge in [0.05, 0.1) is 29.2 Å². The van der Waals surface area contributed by atoms with E-state index >= 15 is 0 Å². The van der Waals surface area contributed by atoms with Crippen LogP contribution in [0, 0.1) is 0 Å². The molecule has 0 bridgehead atoms. The molecule has 114 valence electrons. The number of para-hydroxylation sites is 1. The number of nitrogen functional groups attached to an aromatic ring is 1. The normalized spacial score (nSPS) is 24.5. The average molecular weight is 309 g/mol. The predicted molar refractivity (Wildman–Crippen MR) is 82.2 cm³/mol. The van der Waals surface area contributed by atoms with Crippen LogP contribution in [0.15, 0.2) is 18.2 Å². The lowest BCUT2D eigenvalue weighted by Gasteiger charge is -2.26. The second-order valence-corrected chi connectivity index (χ2v) is 7.89. The average Bonchev–Trinajstić information content (AvgIpc) is 2.87. The number of sulfone groups is 1. The number of hydrogen-bond acceptors (Lipinski definition) is 5. The number of nitrogens with two attached hydrogens (primary N) is 1. The van der Waals surface area contributed by atoms with Gasteiger partial charge >= 0.3 is 0 Å². The van der Waals surface area contributed by atoms with Crippen molar-refractivity contribution in [2.24, 2.45) is 0 Å². The maximum atomic E-state index is 11.9. The largest absolute Gasteiger partial charge is 0.492 e. The Morgan fingerprint density at radius 2 is 2.24 bits per heavy atom. The molecule has 1 aliphatic heterocycles. The zero-order valence-electron chi connectivity index (χ0n) is 12.2. The van der Waals surface area contributed by atoms with Crippen molar-refractivity contribution >= 4 is 26.8 Å². The number of rotatable bonds is 3. The SMILES string of the molecule is CCOc1cccc2c1nc(N)n2C1(C)CCS(=O)(=O)C1. The molecule has 2 N–H and O–H groups in total. The molecular weight excluding hydrogens is 290 g/mol. The predicted octanol–water partition coefficient (Wildman–Crippen LogP) is 1.55. The lowest BCUT2D eigenvalue weighted by atomic mass is 10.0. The summed E-state index contributed by atoms with van der Waals surface area (Å²) >= 11 is 0. The van der Waals surface area contributed by atoms with E-state index in [9.17, 15) is 8.42 Å². The van der Waals surface area contributed by atoms with Crippen molar-refractivity contribution in [2.45, 2.75) is 25.8 Å². The minimum Gasteiger partial charge on any atom is -0.492 e. The van der Waals surface area contributed by atoms with E-state index in [1.54, 1.807) is 0 Å². The Balaban J connectivity index is 2.20. The Kier molecular flexibility index (Phi) is 3.12. The highest BCUT2D eigenvalue weighted by atomic mass is 32.2. The smallest absolute Gasteiger partial charge is 0.201 e. The van der Waals surface area contributed by atoms with Gasteiger partial charge in [-0.05, 0) is 32.4 Å². The van der Waals surface area contributed by atoms with Crippen molar-refractivity contribution in [3.05, 3.63) is 18.2 Å². The Morgan fingerprint density at radius 3 is 2.86 bits per heavy atom. The van der Waals surface area contributed by atoms with Crippen LogP contribution in [0.3, 0.4) is 0 Å². The van der Waals surface area contributed by atoms with Gasteiger partial charge in [0.15, 0.2) is 9.84 Å². The fourth-order valence-electron chi connectivity index (χ4n) is 3.10. The lowest BCUT2D eigenvalue weighted by Crippen LogP contribution is -2.32. The van der Waals surface area contributed by atoms with E-state index in [1.807, 2.05) is 36.6 Å². The molecule has 0 spiro atoms. The second kappa shape index (κ2) is 4.62. The quantitative estimate of drug-likeness (QED) is 0.929. The van der Waals surface area contributed by atoms with Crippen LogP contribution in [0.5, 0.6) is 5.75 Å². The monoisotopic (exact) mass is 309 g/mol. The summed E-state index contributed by atoms with van der Waals surface area (Å²) in [5, 5.41) is 0. The highest BCUT2D eigenvalue weighted by Crippen LogP contribution is 2.37. The Morgan fingerprint density at radius 1 is 1.48 bits per heavy atom. The molecule has 21 heavy (non-hydrogen) atoms. The van der Waals surface area contributed by atoms with Gasteiger partial charge in [-0.1, -0.05) is 6.07 Å². The molecule has 0 saturated carbocycles. The van der Waals surface area contributed by atoms with Crippen molar-refractivity contribution in [1.82, 2.24) is 9.55 Å². The van der Waals surface area contributed by atoms with Gasteiger partial charge in [-0.2, -0.15) is 0 Å². The number of nitrogens with zero attached hydrogens (tertiary/aromatic N) is 2. The zero-order chi connectivity index (χ0) is 15.3. The Bertz CT molecular complexity index is 797. The summed E-state index contributed by atoms with van der Waals surface area (Å²) in [6.07, 6.45) is 0.545. The van der Waals surface area contributed by atoms with Crippen molar-refractivity contribution in [3.8, 4) is 5.75 Å². The highest BCUT2D eigenvalue weighted by Gasteiger charge is 2.41. The molecule has 1 saturated heterocycles. The first-order chi connectivity index (χ1) is 9.86. The summed E-state index contributed by atoms with van der Waals surface area (Å²) in [6, 6.07) is 5.62. The third-order valence-electron chi connectivity index (χ3n) is 4.00. The molecule has 1 atom stereocenters. The van der Waals surface area contributed by atoms with E-state index in [1.165, 1.54) is 0 Å². The standard InChI is InChI=1S/C14H19N3O3S/c1-3-20-11-6-4-5-10-12(11)16-13(15)17(10)14(2)7-8-21(18,19)9-14/h4-6H,3,7-9H2,1-2H3,(H2,15,16). The number of benzene rings is 1. The fraction of sp³-hybridized carbons (Fsp3) is 0.500. The highest BCUT2D eigenvalue weighted by molar-refractivity contribution is 7.91. The van der Waals surface area contributed by atoms with Crippen LogP contribution in [-0.2, 0) is 15.4 Å². The topological polar surface area (TPSA) is 87.2 Å². The van der Waals surface area contributed by atoms with Gasteiger partial charge in [-0.25, -0.2) is 13.4 Å². The summed E-state index contributed by atoms with van der Waals surface area (Å²) in [4.78, 5) is 4.39. The summed E-state index contributed by atoms with van der Waals surface area (Å²) in [7, 11) is -3.02. The van der Waals surface area contributed by atoms with E-state index in [0.29, 0.717) is 30.2 Å². The van der Waals surface area contributed by atoms with E-state index in [2.05, 4.69) is 4.98 Å². The van der Waals surface area contributed by atoms with Crippen molar-refractivity contribution in [3.63, 3.8) is 0 Å². The number of ether oxygens (including phenoxy) is 1. The lowest BCUT2D eigenvalue weighted by molar-refractivity contribution is 0.343. The number of fused-ring (bicyclic) bond motifs is 1. The summed E-state index contributed by atoms with van der Waals surface area (Å²) in [5.41, 5.74) is 7.02. The zero-order valence-corrected chi connectivity index (χ0v) is 13.0. The number of hydrogen-bond donors (Lipinski definition) is 1. The minimum atomic E-state index is -3.02. The van der Waals surface area contributed by atoms with Crippen LogP contribution in [0.4, 0.5) is 5.95 Å². The first-order valence-electron chi connectivity index (χ1n) is 6.97. The molecule has 2 aromatic rings. The molecule has 1 aliphatic rings. The van der Waals surface area contributed by atoms with Crippen molar-refractivity contribution in [2.75, 3.05) is 23.8 Å². The molecule has 1 unspecified atom stereocenters. The third kappa shape index (κ3) is 2.25. The van der Waals surface area contributed by atoms with Gasteiger partial charge in [-0.3, -0.25) is 0 Å². The van der Waals surface area contributed by atoms with Crippen molar-refractivity contribution < 1.29 is 13.2 Å². The van der Waals surface area contributed by atoms with E-state index in [-0.39, 0.29) is 11.5 Å². The van der Waals surface area contributed by atoms with Gasteiger partial charge in [-0.15, -0.1) is 0 Å². The maximum Gasteiger partial charge on any atom is 0.201 e. The van der Waals surface area contributed by atoms with Crippen molar-refractivity contribution in [1.29, 1.82) is 0 Å². The first kappa shape index (κ1) is 14.2. The molecule has 1 aromatic carbocycles. The molecule has 1 fully saturated rings. The van der Waals surface area contributed by atoms with E-state index < -0.39 is 15.4 Å². The van der Waals surface area contributed by atoms with Crippen LogP contribution in [0.1, 0.15) is 20.3 Å². The Labute approximate surface area is 123 Å². The first-order valence-corrected chi connectivity index (χ1v) is 8.79. The molecule has 3 rings (SSSR count). The van der Waals surface area contributed by atoms with Crippen LogP contribution in [0.25, 0.3) is 11.0 Å². The van der Waals surface area contributed by atoms with Gasteiger partial charge in [0.2, 0.25) is 5.95 Å². The number of imidazole rings is 1. The fourth-order valence-corrected chi connectivity index (χ4v) is 5.22. The molecule has 1 aromatic heterocycles. The molecule has 7 heteroatoms. The van der Waals surface area contributed by atoms with Gasteiger partial charge in [0.25, 0.3) is 0 Å². The maximum absolute atomic E-state index is 11.9. The Hall–Kier alpha value is -1.76. The minimum absolute atomic E-state index is 0.0918. The molecule has 0 aliphatic carbocycles. The van der Waals surface area contributed by atoms with Crippen LogP contribution >= 0.6 is 0 Å². The third-order valence-corrected chi connectivity index (χ3v) is 5.88. The van der Waals surface area contributed by atoms with Gasteiger partial charge < -0.3 is 15.0 Å². The molecule has 6 nitrogen and oxygen atoms in total. The van der Waals surface area contributed by atoms with E-state index in [0.717, 1.165) is 5.52 Å². The summed E-state index contributed by atoms with van der Waals surface area (Å²) < 4.78 is 31.1. The number of anilines is 1. The number of aromatic nitrogens is 2. The van der Waals surface area contributed by atoms with Crippen LogP contribution in [0.2, 0.25) is 0 Å². The summed E-state index contributed by atoms with van der Waals surface area (Å²) in [6.45, 7) is 4.37. The molecular formula is C14H19N3O3S. The molecule has 2 heterocycles. The summed E-state index contributed by atoms with van der Waals surface area (Å²) in [5.74, 6) is 1.28. The van der Waals surface area contributed by atoms with E-state index in [4.69, 9.17) is 10.5 Å². The van der Waals surface area contributed by atoms with Gasteiger partial charge in [0, 0.05) is 0 Å². The van der Waals surface area contributed by atoms with Crippen LogP contribution < -0.4 is 10.5 Å².